The van der Waals surface area contributed by atoms with E-state index in [1.165, 1.54) is 6.20 Å². The Morgan fingerprint density at radius 1 is 1.52 bits per heavy atom. The van der Waals surface area contributed by atoms with Crippen molar-refractivity contribution >= 4 is 11.8 Å². The van der Waals surface area contributed by atoms with Gasteiger partial charge in [0, 0.05) is 12.1 Å². The average molecular weight is 295 g/mol. The summed E-state index contributed by atoms with van der Waals surface area (Å²) in [5.41, 5.74) is 0.782. The number of alkyl carbamates (subject to hydrolysis) is 1. The quantitative estimate of drug-likeness (QED) is 0.852. The highest BCUT2D eigenvalue weighted by atomic mass is 19.1. The van der Waals surface area contributed by atoms with E-state index in [2.05, 4.69) is 10.3 Å². The zero-order valence-electron chi connectivity index (χ0n) is 12.9. The van der Waals surface area contributed by atoms with E-state index in [0.29, 0.717) is 5.56 Å². The van der Waals surface area contributed by atoms with Gasteiger partial charge in [-0.25, -0.2) is 9.78 Å². The van der Waals surface area contributed by atoms with Gasteiger partial charge in [0.2, 0.25) is 5.95 Å². The summed E-state index contributed by atoms with van der Waals surface area (Å²) in [5, 5.41) is 2.86. The van der Waals surface area contributed by atoms with E-state index in [9.17, 15) is 9.18 Å². The highest BCUT2D eigenvalue weighted by Gasteiger charge is 2.28. The Morgan fingerprint density at radius 2 is 2.24 bits per heavy atom. The lowest BCUT2D eigenvalue weighted by Gasteiger charge is -2.28. The van der Waals surface area contributed by atoms with Crippen LogP contribution in [0, 0.1) is 12.9 Å². The smallest absolute Gasteiger partial charge is 0.409 e. The highest BCUT2D eigenvalue weighted by molar-refractivity contribution is 5.69. The number of hydrogen-bond donors (Lipinski definition) is 1. The van der Waals surface area contributed by atoms with Gasteiger partial charge in [0.25, 0.3) is 0 Å². The molecule has 1 aliphatic heterocycles. The van der Waals surface area contributed by atoms with E-state index < -0.39 is 17.6 Å². The maximum absolute atomic E-state index is 13.3. The van der Waals surface area contributed by atoms with Gasteiger partial charge in [-0.3, -0.25) is 0 Å². The summed E-state index contributed by atoms with van der Waals surface area (Å²) < 4.78 is 18.5. The van der Waals surface area contributed by atoms with E-state index in [1.54, 1.807) is 13.0 Å². The molecule has 116 valence electrons. The van der Waals surface area contributed by atoms with Crippen molar-refractivity contribution in [3.05, 3.63) is 23.8 Å². The number of nitrogens with one attached hydrogen (secondary N) is 1. The molecular weight excluding hydrogens is 273 g/mol. The second kappa shape index (κ2) is 5.87. The SMILES string of the molecule is Cc1cc(N2CCCC2NC(=O)OC(C)(C)C)cnc1F. The number of pyridine rings is 1. The van der Waals surface area contributed by atoms with E-state index in [-0.39, 0.29) is 6.17 Å². The molecule has 1 aromatic rings. The lowest BCUT2D eigenvalue weighted by Crippen LogP contribution is -2.46. The number of halogens is 1. The molecule has 1 amide bonds. The lowest BCUT2D eigenvalue weighted by atomic mass is 10.2. The first-order valence-corrected chi connectivity index (χ1v) is 7.14. The van der Waals surface area contributed by atoms with Crippen LogP contribution in [0.2, 0.25) is 0 Å². The first-order chi connectivity index (χ1) is 9.76. The van der Waals surface area contributed by atoms with Gasteiger partial charge < -0.3 is 15.0 Å². The highest BCUT2D eigenvalue weighted by Crippen LogP contribution is 2.25. The molecule has 2 rings (SSSR count). The fourth-order valence-corrected chi connectivity index (χ4v) is 2.37. The van der Waals surface area contributed by atoms with Gasteiger partial charge in [0.15, 0.2) is 0 Å². The molecule has 1 aromatic heterocycles. The van der Waals surface area contributed by atoms with Gasteiger partial charge in [-0.2, -0.15) is 4.39 Å². The Kier molecular flexibility index (Phi) is 4.34. The summed E-state index contributed by atoms with van der Waals surface area (Å²) in [7, 11) is 0. The Bertz CT molecular complexity index is 528. The van der Waals surface area contributed by atoms with Crippen molar-refractivity contribution in [2.75, 3.05) is 11.4 Å². The minimum atomic E-state index is -0.526. The predicted octanol–water partition coefficient (Wildman–Crippen LogP) is 2.98. The normalized spacial score (nSPS) is 18.7. The number of nitrogens with zero attached hydrogens (tertiary/aromatic N) is 2. The first kappa shape index (κ1) is 15.5. The fraction of sp³-hybridized carbons (Fsp3) is 0.600. The molecule has 1 atom stereocenters. The summed E-state index contributed by atoms with van der Waals surface area (Å²) in [6, 6.07) is 1.75. The van der Waals surface area contributed by atoms with Crippen LogP contribution in [0.25, 0.3) is 0 Å². The molecule has 21 heavy (non-hydrogen) atoms. The maximum atomic E-state index is 13.3. The molecule has 0 spiro atoms. The molecule has 1 unspecified atom stereocenters. The van der Waals surface area contributed by atoms with Crippen molar-refractivity contribution in [3.63, 3.8) is 0 Å². The number of anilines is 1. The molecule has 0 saturated carbocycles. The third-order valence-electron chi connectivity index (χ3n) is 3.27. The molecule has 0 bridgehead atoms. The van der Waals surface area contributed by atoms with Crippen molar-refractivity contribution in [3.8, 4) is 0 Å². The summed E-state index contributed by atoms with van der Waals surface area (Å²) in [5.74, 6) is -0.463. The molecule has 0 aromatic carbocycles. The first-order valence-electron chi connectivity index (χ1n) is 7.14. The summed E-state index contributed by atoms with van der Waals surface area (Å²) in [4.78, 5) is 17.6. The van der Waals surface area contributed by atoms with E-state index >= 15 is 0 Å². The Hall–Kier alpha value is -1.85. The van der Waals surface area contributed by atoms with Crippen molar-refractivity contribution < 1.29 is 13.9 Å². The summed E-state index contributed by atoms with van der Waals surface area (Å²) >= 11 is 0. The number of amides is 1. The molecule has 0 radical (unpaired) electrons. The van der Waals surface area contributed by atoms with Gasteiger partial charge in [0.1, 0.15) is 11.8 Å². The fourth-order valence-electron chi connectivity index (χ4n) is 2.37. The maximum Gasteiger partial charge on any atom is 0.409 e. The van der Waals surface area contributed by atoms with Crippen molar-refractivity contribution in [1.29, 1.82) is 0 Å². The number of hydrogen-bond acceptors (Lipinski definition) is 4. The second-order valence-corrected chi connectivity index (χ2v) is 6.30. The van der Waals surface area contributed by atoms with E-state index in [1.807, 2.05) is 25.7 Å². The number of rotatable bonds is 2. The minimum Gasteiger partial charge on any atom is -0.444 e. The van der Waals surface area contributed by atoms with Gasteiger partial charge in [0.05, 0.1) is 11.9 Å². The predicted molar refractivity (Wildman–Crippen MR) is 78.7 cm³/mol. The molecule has 1 N–H and O–H groups in total. The summed E-state index contributed by atoms with van der Waals surface area (Å²) in [6.07, 6.45) is 2.70. The van der Waals surface area contributed by atoms with Crippen LogP contribution in [0.1, 0.15) is 39.2 Å². The molecule has 5 nitrogen and oxygen atoms in total. The zero-order chi connectivity index (χ0) is 15.6. The standard InChI is InChI=1S/C15H22FN3O2/c1-10-8-11(9-17-13(10)16)19-7-5-6-12(19)18-14(20)21-15(2,3)4/h8-9,12H,5-7H2,1-4H3,(H,18,20). The molecule has 0 aliphatic carbocycles. The van der Waals surface area contributed by atoms with Crippen LogP contribution in [-0.2, 0) is 4.74 Å². The molecule has 1 aliphatic rings. The Morgan fingerprint density at radius 3 is 2.86 bits per heavy atom. The van der Waals surface area contributed by atoms with Gasteiger partial charge in [-0.15, -0.1) is 0 Å². The van der Waals surface area contributed by atoms with E-state index in [4.69, 9.17) is 4.74 Å². The number of aryl methyl sites for hydroxylation is 1. The molecule has 2 heterocycles. The van der Waals surface area contributed by atoms with Gasteiger partial charge in [-0.1, -0.05) is 0 Å². The van der Waals surface area contributed by atoms with Crippen molar-refractivity contribution in [1.82, 2.24) is 10.3 Å². The Balaban J connectivity index is 2.06. The molecule has 1 saturated heterocycles. The largest absolute Gasteiger partial charge is 0.444 e. The molecular formula is C15H22FN3O2. The van der Waals surface area contributed by atoms with Gasteiger partial charge in [-0.05, 0) is 46.6 Å². The summed E-state index contributed by atoms with van der Waals surface area (Å²) in [6.45, 7) is 7.95. The number of carbonyl (C=O) groups is 1. The van der Waals surface area contributed by atoms with Gasteiger partial charge >= 0.3 is 6.09 Å². The van der Waals surface area contributed by atoms with Crippen molar-refractivity contribution in [2.24, 2.45) is 0 Å². The van der Waals surface area contributed by atoms with Crippen LogP contribution >= 0.6 is 0 Å². The van der Waals surface area contributed by atoms with Crippen LogP contribution in [0.15, 0.2) is 12.3 Å². The second-order valence-electron chi connectivity index (χ2n) is 6.30. The molecule has 1 fully saturated rings. The Labute approximate surface area is 124 Å². The lowest BCUT2D eigenvalue weighted by molar-refractivity contribution is 0.0506. The van der Waals surface area contributed by atoms with Crippen molar-refractivity contribution in [2.45, 2.75) is 52.3 Å². The monoisotopic (exact) mass is 295 g/mol. The third kappa shape index (κ3) is 4.06. The van der Waals surface area contributed by atoms with Crippen LogP contribution < -0.4 is 10.2 Å². The van der Waals surface area contributed by atoms with Crippen LogP contribution in [0.5, 0.6) is 0 Å². The number of aromatic nitrogens is 1. The average Bonchev–Trinajstić information content (AvgIpc) is 2.78. The van der Waals surface area contributed by atoms with Crippen LogP contribution in [0.4, 0.5) is 14.9 Å². The number of carbonyl (C=O) groups excluding carboxylic acids is 1. The molecule has 6 heteroatoms. The van der Waals surface area contributed by atoms with E-state index in [0.717, 1.165) is 25.1 Å². The van der Waals surface area contributed by atoms with Crippen LogP contribution in [0.3, 0.4) is 0 Å². The van der Waals surface area contributed by atoms with Crippen LogP contribution in [-0.4, -0.2) is 29.4 Å². The topological polar surface area (TPSA) is 54.5 Å². The third-order valence-corrected chi connectivity index (χ3v) is 3.27. The number of ether oxygens (including phenoxy) is 1. The minimum absolute atomic E-state index is 0.147. The zero-order valence-corrected chi connectivity index (χ0v) is 12.9.